The molecule has 3 aromatic carbocycles. The van der Waals surface area contributed by atoms with E-state index in [9.17, 15) is 14.0 Å². The van der Waals surface area contributed by atoms with Crippen LogP contribution in [-0.2, 0) is 24.1 Å². The maximum Gasteiger partial charge on any atom is 0.415 e. The van der Waals surface area contributed by atoms with Gasteiger partial charge < -0.3 is 9.84 Å². The number of nitrogens with zero attached hydrogens (tertiary/aromatic N) is 2. The molecule has 0 unspecified atom stereocenters. The molecular formula is C33H37FN2O4. The first-order valence-corrected chi connectivity index (χ1v) is 14.3. The topological polar surface area (TPSA) is 70.1 Å². The Morgan fingerprint density at radius 3 is 2.20 bits per heavy atom. The molecule has 0 saturated carbocycles. The van der Waals surface area contributed by atoms with E-state index in [2.05, 4.69) is 30.9 Å². The molecule has 0 aromatic heterocycles. The van der Waals surface area contributed by atoms with Crippen LogP contribution in [-0.4, -0.2) is 47.3 Å². The standard InChI is InChI=1S/C33H37FN2O4/c1-3-6-25-18-23(19-26(7-4-2)30(25)27-8-5-9-28(34)20-27)21-35-16-14-33(15-17-35)22-36(32(39)40-33)29-12-10-24(11-13-29)31(37)38/h5,8-13,18-20H,3-4,6-7,14-17,21-22H2,1-2H3,(H,37,38). The number of anilines is 1. The van der Waals surface area contributed by atoms with Crippen molar-refractivity contribution in [3.05, 3.63) is 88.7 Å². The first-order valence-electron chi connectivity index (χ1n) is 14.3. The molecule has 0 bridgehead atoms. The zero-order valence-electron chi connectivity index (χ0n) is 23.3. The number of hydrogen-bond donors (Lipinski definition) is 1. The number of carboxylic acid groups (broad SMARTS) is 1. The van der Waals surface area contributed by atoms with Crippen LogP contribution in [0.15, 0.2) is 60.7 Å². The first-order chi connectivity index (χ1) is 19.3. The van der Waals surface area contributed by atoms with Crippen LogP contribution >= 0.6 is 0 Å². The van der Waals surface area contributed by atoms with Gasteiger partial charge in [0.05, 0.1) is 12.1 Å². The summed E-state index contributed by atoms with van der Waals surface area (Å²) in [6, 6.07) is 17.9. The number of aromatic carboxylic acids is 1. The number of ether oxygens (including phenoxy) is 1. The third-order valence-corrected chi connectivity index (χ3v) is 8.08. The number of benzene rings is 3. The van der Waals surface area contributed by atoms with E-state index >= 15 is 0 Å². The fourth-order valence-corrected chi connectivity index (χ4v) is 6.12. The van der Waals surface area contributed by atoms with Crippen molar-refractivity contribution in [2.75, 3.05) is 24.5 Å². The first kappa shape index (κ1) is 27.8. The zero-order valence-corrected chi connectivity index (χ0v) is 23.3. The summed E-state index contributed by atoms with van der Waals surface area (Å²) in [5.74, 6) is -1.20. The molecule has 2 aliphatic heterocycles. The summed E-state index contributed by atoms with van der Waals surface area (Å²) in [7, 11) is 0. The van der Waals surface area contributed by atoms with Crippen molar-refractivity contribution in [3.63, 3.8) is 0 Å². The highest BCUT2D eigenvalue weighted by Gasteiger charge is 2.47. The van der Waals surface area contributed by atoms with E-state index in [1.54, 1.807) is 29.2 Å². The number of rotatable bonds is 9. The molecule has 3 aromatic rings. The minimum atomic E-state index is -0.994. The molecule has 2 fully saturated rings. The molecule has 210 valence electrons. The molecular weight excluding hydrogens is 507 g/mol. The molecule has 6 nitrogen and oxygen atoms in total. The van der Waals surface area contributed by atoms with Crippen molar-refractivity contribution in [2.24, 2.45) is 0 Å². The number of halogens is 1. The summed E-state index contributed by atoms with van der Waals surface area (Å²) in [5, 5.41) is 9.16. The van der Waals surface area contributed by atoms with Crippen molar-refractivity contribution in [3.8, 4) is 11.1 Å². The van der Waals surface area contributed by atoms with E-state index in [1.807, 2.05) is 6.07 Å². The van der Waals surface area contributed by atoms with Crippen LogP contribution in [0, 0.1) is 5.82 Å². The molecule has 0 aliphatic carbocycles. The van der Waals surface area contributed by atoms with Crippen LogP contribution in [0.4, 0.5) is 14.9 Å². The van der Waals surface area contributed by atoms with Crippen LogP contribution in [0.1, 0.15) is 66.6 Å². The van der Waals surface area contributed by atoms with Gasteiger partial charge in [-0.15, -0.1) is 0 Å². The molecule has 40 heavy (non-hydrogen) atoms. The normalized spacial score (nSPS) is 16.9. The molecule has 1 spiro atoms. The van der Waals surface area contributed by atoms with Gasteiger partial charge in [0.15, 0.2) is 0 Å². The third-order valence-electron chi connectivity index (χ3n) is 8.08. The number of hydrogen-bond acceptors (Lipinski definition) is 4. The van der Waals surface area contributed by atoms with Gasteiger partial charge in [-0.2, -0.15) is 0 Å². The largest absolute Gasteiger partial charge is 0.478 e. The Labute approximate surface area is 235 Å². The molecule has 7 heteroatoms. The van der Waals surface area contributed by atoms with E-state index in [0.29, 0.717) is 12.2 Å². The smallest absolute Gasteiger partial charge is 0.415 e. The molecule has 0 atom stereocenters. The van der Waals surface area contributed by atoms with Crippen molar-refractivity contribution in [2.45, 2.75) is 64.5 Å². The predicted octanol–water partition coefficient (Wildman–Crippen LogP) is 7.09. The lowest BCUT2D eigenvalue weighted by Gasteiger charge is -2.37. The maximum absolute atomic E-state index is 14.1. The Morgan fingerprint density at radius 2 is 1.62 bits per heavy atom. The highest BCUT2D eigenvalue weighted by Crippen LogP contribution is 2.37. The molecule has 0 radical (unpaired) electrons. The lowest BCUT2D eigenvalue weighted by molar-refractivity contribution is -0.000989. The van der Waals surface area contributed by atoms with E-state index < -0.39 is 11.6 Å². The van der Waals surface area contributed by atoms with Gasteiger partial charge in [-0.25, -0.2) is 14.0 Å². The lowest BCUT2D eigenvalue weighted by atomic mass is 9.87. The van der Waals surface area contributed by atoms with Gasteiger partial charge in [-0.1, -0.05) is 51.0 Å². The lowest BCUT2D eigenvalue weighted by Crippen LogP contribution is -2.46. The summed E-state index contributed by atoms with van der Waals surface area (Å²) in [6.45, 7) is 7.28. The zero-order chi connectivity index (χ0) is 28.3. The van der Waals surface area contributed by atoms with Crippen LogP contribution in [0.3, 0.4) is 0 Å². The number of carbonyl (C=O) groups is 2. The number of carboxylic acids is 1. The highest BCUT2D eigenvalue weighted by molar-refractivity contribution is 5.92. The minimum absolute atomic E-state index is 0.187. The second kappa shape index (κ2) is 11.8. The van der Waals surface area contributed by atoms with Crippen LogP contribution in [0.25, 0.3) is 11.1 Å². The Bertz CT molecular complexity index is 1350. The SMILES string of the molecule is CCCc1cc(CN2CCC3(CC2)CN(c2ccc(C(=O)O)cc2)C(=O)O3)cc(CCC)c1-c1cccc(F)c1. The quantitative estimate of drug-likeness (QED) is 0.312. The third kappa shape index (κ3) is 5.89. The van der Waals surface area contributed by atoms with Crippen molar-refractivity contribution >= 4 is 17.7 Å². The van der Waals surface area contributed by atoms with Gasteiger partial charge in [-0.05, 0) is 77.1 Å². The Kier molecular flexibility index (Phi) is 8.22. The average molecular weight is 545 g/mol. The van der Waals surface area contributed by atoms with Gasteiger partial charge in [0.2, 0.25) is 0 Å². The van der Waals surface area contributed by atoms with Gasteiger partial charge in [0, 0.05) is 38.2 Å². The maximum atomic E-state index is 14.1. The summed E-state index contributed by atoms with van der Waals surface area (Å²) < 4.78 is 20.1. The molecule has 1 amide bonds. The van der Waals surface area contributed by atoms with Crippen LogP contribution in [0.5, 0.6) is 0 Å². The average Bonchev–Trinajstić information content (AvgIpc) is 3.26. The number of aryl methyl sites for hydroxylation is 2. The fourth-order valence-electron chi connectivity index (χ4n) is 6.12. The van der Waals surface area contributed by atoms with Crippen molar-refractivity contribution < 1.29 is 23.8 Å². The molecule has 1 N–H and O–H groups in total. The second-order valence-electron chi connectivity index (χ2n) is 11.1. The molecule has 2 aliphatic rings. The second-order valence-corrected chi connectivity index (χ2v) is 11.1. The number of piperidine rings is 1. The van der Waals surface area contributed by atoms with Crippen molar-refractivity contribution in [1.82, 2.24) is 4.90 Å². The Morgan fingerprint density at radius 1 is 0.975 bits per heavy atom. The minimum Gasteiger partial charge on any atom is -0.478 e. The molecule has 2 saturated heterocycles. The predicted molar refractivity (Wildman–Crippen MR) is 154 cm³/mol. The highest BCUT2D eigenvalue weighted by atomic mass is 19.1. The van der Waals surface area contributed by atoms with Gasteiger partial charge >= 0.3 is 12.1 Å². The van der Waals surface area contributed by atoms with E-state index in [-0.39, 0.29) is 17.5 Å². The monoisotopic (exact) mass is 544 g/mol. The van der Waals surface area contributed by atoms with Crippen molar-refractivity contribution in [1.29, 1.82) is 0 Å². The molecule has 2 heterocycles. The molecule has 5 rings (SSSR count). The van der Waals surface area contributed by atoms with Gasteiger partial charge in [0.25, 0.3) is 0 Å². The van der Waals surface area contributed by atoms with E-state index in [4.69, 9.17) is 9.84 Å². The van der Waals surface area contributed by atoms with Crippen LogP contribution < -0.4 is 4.90 Å². The van der Waals surface area contributed by atoms with Gasteiger partial charge in [0.1, 0.15) is 11.4 Å². The van der Waals surface area contributed by atoms with E-state index in [1.165, 1.54) is 40.5 Å². The summed E-state index contributed by atoms with van der Waals surface area (Å²) >= 11 is 0. The van der Waals surface area contributed by atoms with Gasteiger partial charge in [-0.3, -0.25) is 9.80 Å². The summed E-state index contributed by atoms with van der Waals surface area (Å²) in [4.78, 5) is 28.0. The Balaban J connectivity index is 1.30. The fraction of sp³-hybridized carbons (Fsp3) is 0.394. The number of amides is 1. The number of likely N-dealkylation sites (tertiary alicyclic amines) is 1. The van der Waals surface area contributed by atoms with Crippen LogP contribution in [0.2, 0.25) is 0 Å². The Hall–Kier alpha value is -3.71. The number of carbonyl (C=O) groups excluding carboxylic acids is 1. The summed E-state index contributed by atoms with van der Waals surface area (Å²) in [6.07, 6.45) is 5.03. The van der Waals surface area contributed by atoms with E-state index in [0.717, 1.165) is 63.7 Å². The summed E-state index contributed by atoms with van der Waals surface area (Å²) in [5.41, 5.74) is 6.26.